The molecule has 0 bridgehead atoms. The van der Waals surface area contributed by atoms with Crippen LogP contribution in [0.5, 0.6) is 0 Å². The fourth-order valence-corrected chi connectivity index (χ4v) is 3.70. The number of rotatable bonds is 6. The van der Waals surface area contributed by atoms with E-state index >= 15 is 0 Å². The van der Waals surface area contributed by atoms with Crippen LogP contribution in [0.4, 0.5) is 13.2 Å². The van der Waals surface area contributed by atoms with Gasteiger partial charge in [-0.2, -0.15) is 13.2 Å². The molecule has 0 aliphatic rings. The molecule has 1 aromatic heterocycles. The number of hydrogen-bond donors (Lipinski definition) is 1. The Bertz CT molecular complexity index is 1370. The molecule has 4 rings (SSSR count). The fourth-order valence-electron chi connectivity index (χ4n) is 3.70. The number of carbonyl (C=O) groups is 1. The number of benzene rings is 3. The summed E-state index contributed by atoms with van der Waals surface area (Å²) >= 11 is 0. The normalized spacial score (nSPS) is 11.6. The first-order chi connectivity index (χ1) is 15.7. The average Bonchev–Trinajstić information content (AvgIpc) is 3.07. The van der Waals surface area contributed by atoms with E-state index in [-0.39, 0.29) is 36.8 Å². The van der Waals surface area contributed by atoms with Gasteiger partial charge in [-0.25, -0.2) is 9.48 Å². The van der Waals surface area contributed by atoms with Crippen molar-refractivity contribution in [2.45, 2.75) is 19.1 Å². The zero-order valence-electron chi connectivity index (χ0n) is 17.8. The van der Waals surface area contributed by atoms with Crippen LogP contribution in [0, 0.1) is 0 Å². The van der Waals surface area contributed by atoms with Crippen molar-refractivity contribution in [3.05, 3.63) is 88.3 Å². The Labute approximate surface area is 187 Å². The molecule has 33 heavy (non-hydrogen) atoms. The Hall–Kier alpha value is -3.88. The summed E-state index contributed by atoms with van der Waals surface area (Å²) in [6.07, 6.45) is -4.31. The highest BCUT2D eigenvalue weighted by atomic mass is 19.4. The van der Waals surface area contributed by atoms with E-state index in [1.54, 1.807) is 0 Å². The predicted molar refractivity (Wildman–Crippen MR) is 119 cm³/mol. The first-order valence-corrected chi connectivity index (χ1v) is 10.3. The second kappa shape index (κ2) is 8.93. The Morgan fingerprint density at radius 1 is 1.03 bits per heavy atom. The number of halogens is 3. The second-order valence-electron chi connectivity index (χ2n) is 7.63. The molecule has 0 aliphatic heterocycles. The standard InChI is InChI=1S/C24H21F3N4O2/c1-30-22(18-9-5-10-19(14-18)24(25,26)27)29-31(23(30)33)13-12-28-21(32)15-17-8-4-7-16-6-2-3-11-20(16)17/h2-11,14H,12-13,15H2,1H3,(H,28,32). The lowest BCUT2D eigenvalue weighted by Gasteiger charge is -2.08. The predicted octanol–water partition coefficient (Wildman–Crippen LogP) is 3.78. The van der Waals surface area contributed by atoms with Crippen LogP contribution in [0.15, 0.2) is 71.5 Å². The maximum absolute atomic E-state index is 13.0. The van der Waals surface area contributed by atoms with Gasteiger partial charge < -0.3 is 5.32 Å². The van der Waals surface area contributed by atoms with Gasteiger partial charge >= 0.3 is 11.9 Å². The Morgan fingerprint density at radius 3 is 2.55 bits per heavy atom. The third-order valence-electron chi connectivity index (χ3n) is 5.37. The van der Waals surface area contributed by atoms with E-state index in [1.807, 2.05) is 42.5 Å². The number of alkyl halides is 3. The van der Waals surface area contributed by atoms with Crippen LogP contribution in [0.1, 0.15) is 11.1 Å². The molecule has 4 aromatic rings. The van der Waals surface area contributed by atoms with Crippen molar-refractivity contribution in [3.63, 3.8) is 0 Å². The van der Waals surface area contributed by atoms with E-state index in [4.69, 9.17) is 0 Å². The fraction of sp³-hybridized carbons (Fsp3) is 0.208. The van der Waals surface area contributed by atoms with Crippen LogP contribution in [-0.4, -0.2) is 26.8 Å². The molecule has 0 aliphatic carbocycles. The number of hydrogen-bond acceptors (Lipinski definition) is 3. The molecular weight excluding hydrogens is 433 g/mol. The first-order valence-electron chi connectivity index (χ1n) is 10.3. The Kier molecular flexibility index (Phi) is 6.04. The monoisotopic (exact) mass is 454 g/mol. The van der Waals surface area contributed by atoms with Gasteiger partial charge in [-0.1, -0.05) is 54.6 Å². The van der Waals surface area contributed by atoms with Gasteiger partial charge in [-0.3, -0.25) is 9.36 Å². The highest BCUT2D eigenvalue weighted by molar-refractivity contribution is 5.90. The first kappa shape index (κ1) is 22.3. The number of aromatic nitrogens is 3. The smallest absolute Gasteiger partial charge is 0.354 e. The SMILES string of the molecule is Cn1c(-c2cccc(C(F)(F)F)c2)nn(CCNC(=O)Cc2cccc3ccccc23)c1=O. The largest absolute Gasteiger partial charge is 0.416 e. The molecule has 1 heterocycles. The molecule has 0 radical (unpaired) electrons. The summed E-state index contributed by atoms with van der Waals surface area (Å²) in [4.78, 5) is 24.9. The molecule has 6 nitrogen and oxygen atoms in total. The molecule has 0 atom stereocenters. The molecule has 9 heteroatoms. The average molecular weight is 454 g/mol. The van der Waals surface area contributed by atoms with Gasteiger partial charge in [0.1, 0.15) is 0 Å². The second-order valence-corrected chi connectivity index (χ2v) is 7.63. The molecule has 1 amide bonds. The Morgan fingerprint density at radius 2 is 1.76 bits per heavy atom. The minimum Gasteiger partial charge on any atom is -0.354 e. The summed E-state index contributed by atoms with van der Waals surface area (Å²) in [6.45, 7) is 0.245. The van der Waals surface area contributed by atoms with E-state index in [2.05, 4.69) is 10.4 Å². The van der Waals surface area contributed by atoms with Crippen molar-refractivity contribution < 1.29 is 18.0 Å². The summed E-state index contributed by atoms with van der Waals surface area (Å²) in [5.74, 6) is -0.0818. The van der Waals surface area contributed by atoms with Gasteiger partial charge in [-0.15, -0.1) is 5.10 Å². The zero-order chi connectivity index (χ0) is 23.6. The van der Waals surface area contributed by atoms with E-state index in [0.29, 0.717) is 0 Å². The number of fused-ring (bicyclic) bond motifs is 1. The lowest BCUT2D eigenvalue weighted by molar-refractivity contribution is -0.137. The summed E-state index contributed by atoms with van der Waals surface area (Å²) in [5.41, 5.74) is -0.219. The Balaban J connectivity index is 1.43. The van der Waals surface area contributed by atoms with Crippen LogP contribution in [0.2, 0.25) is 0 Å². The van der Waals surface area contributed by atoms with Crippen molar-refractivity contribution >= 4 is 16.7 Å². The third kappa shape index (κ3) is 4.82. The van der Waals surface area contributed by atoms with Crippen molar-refractivity contribution in [2.24, 2.45) is 7.05 Å². The van der Waals surface area contributed by atoms with Crippen LogP contribution in [0.25, 0.3) is 22.2 Å². The topological polar surface area (TPSA) is 68.9 Å². The van der Waals surface area contributed by atoms with Crippen molar-refractivity contribution in [1.29, 1.82) is 0 Å². The molecule has 0 saturated carbocycles. The number of nitrogens with zero attached hydrogens (tertiary/aromatic N) is 3. The van der Waals surface area contributed by atoms with Gasteiger partial charge in [0, 0.05) is 19.2 Å². The molecule has 1 N–H and O–H groups in total. The molecular formula is C24H21F3N4O2. The molecule has 0 unspecified atom stereocenters. The van der Waals surface area contributed by atoms with E-state index in [9.17, 15) is 22.8 Å². The molecule has 170 valence electrons. The van der Waals surface area contributed by atoms with Crippen molar-refractivity contribution in [1.82, 2.24) is 19.7 Å². The molecule has 0 fully saturated rings. The van der Waals surface area contributed by atoms with Crippen molar-refractivity contribution in [3.8, 4) is 11.4 Å². The van der Waals surface area contributed by atoms with Gasteiger partial charge in [-0.05, 0) is 28.5 Å². The summed E-state index contributed by atoms with van der Waals surface area (Å²) in [6, 6.07) is 18.2. The third-order valence-corrected chi connectivity index (χ3v) is 5.37. The van der Waals surface area contributed by atoms with Crippen LogP contribution >= 0.6 is 0 Å². The number of carbonyl (C=O) groups excluding carboxylic acids is 1. The van der Waals surface area contributed by atoms with Gasteiger partial charge in [0.25, 0.3) is 0 Å². The number of amides is 1. The van der Waals surface area contributed by atoms with Crippen LogP contribution in [-0.2, 0) is 31.0 Å². The highest BCUT2D eigenvalue weighted by Gasteiger charge is 2.30. The lowest BCUT2D eigenvalue weighted by Crippen LogP contribution is -2.32. The lowest BCUT2D eigenvalue weighted by atomic mass is 10.0. The maximum Gasteiger partial charge on any atom is 0.416 e. The molecule has 0 spiro atoms. The summed E-state index contributed by atoms with van der Waals surface area (Å²) in [7, 11) is 1.44. The molecule has 3 aromatic carbocycles. The van der Waals surface area contributed by atoms with E-state index < -0.39 is 17.4 Å². The highest BCUT2D eigenvalue weighted by Crippen LogP contribution is 2.31. The van der Waals surface area contributed by atoms with Crippen LogP contribution < -0.4 is 11.0 Å². The minimum atomic E-state index is -4.49. The van der Waals surface area contributed by atoms with Gasteiger partial charge in [0.2, 0.25) is 5.91 Å². The van der Waals surface area contributed by atoms with Crippen LogP contribution in [0.3, 0.4) is 0 Å². The summed E-state index contributed by atoms with van der Waals surface area (Å²) in [5, 5.41) is 8.99. The quantitative estimate of drug-likeness (QED) is 0.482. The molecule has 0 saturated heterocycles. The zero-order valence-corrected chi connectivity index (χ0v) is 17.8. The number of nitrogens with one attached hydrogen (secondary N) is 1. The van der Waals surface area contributed by atoms with E-state index in [0.717, 1.165) is 33.2 Å². The van der Waals surface area contributed by atoms with Gasteiger partial charge in [0.05, 0.1) is 18.5 Å². The summed E-state index contributed by atoms with van der Waals surface area (Å²) < 4.78 is 41.4. The maximum atomic E-state index is 13.0. The van der Waals surface area contributed by atoms with Gasteiger partial charge in [0.15, 0.2) is 5.82 Å². The van der Waals surface area contributed by atoms with Crippen molar-refractivity contribution in [2.75, 3.05) is 6.54 Å². The minimum absolute atomic E-state index is 0.0902. The van der Waals surface area contributed by atoms with E-state index in [1.165, 1.54) is 23.7 Å².